The van der Waals surface area contributed by atoms with Crippen molar-refractivity contribution in [3.05, 3.63) is 60.8 Å². The summed E-state index contributed by atoms with van der Waals surface area (Å²) < 4.78 is 0. The Labute approximate surface area is 141 Å². The van der Waals surface area contributed by atoms with Gasteiger partial charge in [-0.25, -0.2) is 0 Å². The summed E-state index contributed by atoms with van der Waals surface area (Å²) in [5.41, 5.74) is 3.98. The fraction of sp³-hybridized carbons (Fsp3) is 0.111. The van der Waals surface area contributed by atoms with Gasteiger partial charge in [0.15, 0.2) is 5.11 Å². The predicted octanol–water partition coefficient (Wildman–Crippen LogP) is 4.11. The molecule has 0 spiro atoms. The minimum atomic E-state index is 0.555. The molecule has 1 aromatic heterocycles. The Kier molecular flexibility index (Phi) is 4.39. The second-order valence-corrected chi connectivity index (χ2v) is 5.80. The van der Waals surface area contributed by atoms with Crippen LogP contribution in [0.15, 0.2) is 60.8 Å². The first-order valence-corrected chi connectivity index (χ1v) is 7.73. The summed E-state index contributed by atoms with van der Waals surface area (Å²) >= 11 is 5.41. The van der Waals surface area contributed by atoms with E-state index < -0.39 is 0 Å². The molecule has 3 rings (SSSR count). The maximum atomic E-state index is 5.41. The molecule has 5 heteroatoms. The molecule has 2 N–H and O–H groups in total. The van der Waals surface area contributed by atoms with E-state index in [1.165, 1.54) is 0 Å². The Morgan fingerprint density at radius 1 is 0.957 bits per heavy atom. The van der Waals surface area contributed by atoms with Crippen molar-refractivity contribution in [1.82, 2.24) is 4.98 Å². The summed E-state index contributed by atoms with van der Waals surface area (Å²) in [6.45, 7) is 0. The van der Waals surface area contributed by atoms with Gasteiger partial charge in [0.2, 0.25) is 0 Å². The minimum Gasteiger partial charge on any atom is -0.378 e. The maximum absolute atomic E-state index is 5.41. The van der Waals surface area contributed by atoms with Gasteiger partial charge < -0.3 is 15.5 Å². The predicted molar refractivity (Wildman–Crippen MR) is 102 cm³/mol. The minimum absolute atomic E-state index is 0.555. The van der Waals surface area contributed by atoms with Gasteiger partial charge in [0.05, 0.1) is 11.2 Å². The monoisotopic (exact) mass is 322 g/mol. The molecule has 0 amide bonds. The molecule has 0 saturated carbocycles. The van der Waals surface area contributed by atoms with Crippen LogP contribution in [0.5, 0.6) is 0 Å². The highest BCUT2D eigenvalue weighted by Crippen LogP contribution is 2.21. The number of hydrogen-bond acceptors (Lipinski definition) is 3. The van der Waals surface area contributed by atoms with E-state index in [1.54, 1.807) is 6.20 Å². The number of rotatable bonds is 3. The van der Waals surface area contributed by atoms with Crippen LogP contribution in [-0.2, 0) is 0 Å². The SMILES string of the molecule is CN(C)c1ccc(NC(=S)Nc2ccnc3ccccc23)cc1. The number of anilines is 3. The molecular formula is C18H18N4S. The highest BCUT2D eigenvalue weighted by atomic mass is 32.1. The van der Waals surface area contributed by atoms with E-state index in [1.807, 2.05) is 68.7 Å². The van der Waals surface area contributed by atoms with E-state index in [0.717, 1.165) is 28.0 Å². The zero-order valence-corrected chi connectivity index (χ0v) is 13.9. The van der Waals surface area contributed by atoms with Crippen LogP contribution in [0.2, 0.25) is 0 Å². The molecule has 23 heavy (non-hydrogen) atoms. The number of thiocarbonyl (C=S) groups is 1. The lowest BCUT2D eigenvalue weighted by Gasteiger charge is -2.15. The molecular weight excluding hydrogens is 304 g/mol. The first kappa shape index (κ1) is 15.2. The molecule has 0 fully saturated rings. The zero-order valence-electron chi connectivity index (χ0n) is 13.1. The zero-order chi connectivity index (χ0) is 16.2. The molecule has 3 aromatic rings. The van der Waals surface area contributed by atoms with E-state index in [4.69, 9.17) is 12.2 Å². The number of fused-ring (bicyclic) bond motifs is 1. The van der Waals surface area contributed by atoms with Gasteiger partial charge in [-0.05, 0) is 48.6 Å². The number of para-hydroxylation sites is 1. The van der Waals surface area contributed by atoms with Crippen LogP contribution in [0.4, 0.5) is 17.1 Å². The molecule has 0 aliphatic heterocycles. The molecule has 116 valence electrons. The number of nitrogens with zero attached hydrogens (tertiary/aromatic N) is 2. The molecule has 0 unspecified atom stereocenters. The van der Waals surface area contributed by atoms with Crippen molar-refractivity contribution in [3.8, 4) is 0 Å². The average Bonchev–Trinajstić information content (AvgIpc) is 2.55. The van der Waals surface area contributed by atoms with Crippen LogP contribution in [0.3, 0.4) is 0 Å². The Morgan fingerprint density at radius 3 is 2.43 bits per heavy atom. The standard InChI is InChI=1S/C18H18N4S/c1-22(2)14-9-7-13(8-10-14)20-18(23)21-17-11-12-19-16-6-4-3-5-15(16)17/h3-12H,1-2H3,(H2,19,20,21,23). The summed E-state index contributed by atoms with van der Waals surface area (Å²) in [7, 11) is 4.03. The first-order valence-electron chi connectivity index (χ1n) is 7.32. The van der Waals surface area contributed by atoms with Gasteiger partial charge >= 0.3 is 0 Å². The Balaban J connectivity index is 1.73. The lowest BCUT2D eigenvalue weighted by molar-refractivity contribution is 1.13. The quantitative estimate of drug-likeness (QED) is 0.710. The third kappa shape index (κ3) is 3.57. The molecule has 0 aliphatic carbocycles. The van der Waals surface area contributed by atoms with Crippen molar-refractivity contribution in [2.75, 3.05) is 29.6 Å². The maximum Gasteiger partial charge on any atom is 0.175 e. The highest BCUT2D eigenvalue weighted by Gasteiger charge is 2.04. The molecule has 0 radical (unpaired) electrons. The van der Waals surface area contributed by atoms with Gasteiger partial charge in [0, 0.05) is 37.1 Å². The van der Waals surface area contributed by atoms with E-state index in [9.17, 15) is 0 Å². The summed E-state index contributed by atoms with van der Waals surface area (Å²) in [6, 6.07) is 18.0. The lowest BCUT2D eigenvalue weighted by Crippen LogP contribution is -2.19. The van der Waals surface area contributed by atoms with Crippen LogP contribution in [-0.4, -0.2) is 24.2 Å². The van der Waals surface area contributed by atoms with Gasteiger partial charge in [-0.3, -0.25) is 4.98 Å². The molecule has 0 atom stereocenters. The van der Waals surface area contributed by atoms with Crippen molar-refractivity contribution >= 4 is 45.3 Å². The number of aromatic nitrogens is 1. The van der Waals surface area contributed by atoms with Crippen molar-refractivity contribution in [2.24, 2.45) is 0 Å². The summed E-state index contributed by atoms with van der Waals surface area (Å²) in [4.78, 5) is 6.41. The van der Waals surface area contributed by atoms with Gasteiger partial charge in [-0.1, -0.05) is 18.2 Å². The summed E-state index contributed by atoms with van der Waals surface area (Å²) in [5, 5.41) is 8.04. The van der Waals surface area contributed by atoms with Crippen LogP contribution in [0, 0.1) is 0 Å². The van der Waals surface area contributed by atoms with Gasteiger partial charge in [-0.15, -0.1) is 0 Å². The van der Waals surface area contributed by atoms with Gasteiger partial charge in [0.25, 0.3) is 0 Å². The van der Waals surface area contributed by atoms with E-state index in [0.29, 0.717) is 5.11 Å². The molecule has 2 aromatic carbocycles. The van der Waals surface area contributed by atoms with Crippen LogP contribution < -0.4 is 15.5 Å². The second-order valence-electron chi connectivity index (χ2n) is 5.40. The summed E-state index contributed by atoms with van der Waals surface area (Å²) in [6.07, 6.45) is 1.78. The molecule has 0 saturated heterocycles. The van der Waals surface area contributed by atoms with Crippen molar-refractivity contribution in [2.45, 2.75) is 0 Å². The highest BCUT2D eigenvalue weighted by molar-refractivity contribution is 7.80. The van der Waals surface area contributed by atoms with Gasteiger partial charge in [-0.2, -0.15) is 0 Å². The van der Waals surface area contributed by atoms with Crippen LogP contribution in [0.1, 0.15) is 0 Å². The normalized spacial score (nSPS) is 10.3. The lowest BCUT2D eigenvalue weighted by atomic mass is 10.2. The van der Waals surface area contributed by atoms with E-state index in [2.05, 4.69) is 20.5 Å². The Morgan fingerprint density at radius 2 is 1.70 bits per heavy atom. The molecule has 4 nitrogen and oxygen atoms in total. The average molecular weight is 322 g/mol. The topological polar surface area (TPSA) is 40.2 Å². The number of hydrogen-bond donors (Lipinski definition) is 2. The van der Waals surface area contributed by atoms with Crippen molar-refractivity contribution in [1.29, 1.82) is 0 Å². The molecule has 0 aliphatic rings. The van der Waals surface area contributed by atoms with Crippen LogP contribution in [0.25, 0.3) is 10.9 Å². The van der Waals surface area contributed by atoms with Crippen LogP contribution >= 0.6 is 12.2 Å². The fourth-order valence-electron chi connectivity index (χ4n) is 2.33. The van der Waals surface area contributed by atoms with Crippen molar-refractivity contribution < 1.29 is 0 Å². The second kappa shape index (κ2) is 6.62. The Bertz CT molecular complexity index is 823. The van der Waals surface area contributed by atoms with E-state index >= 15 is 0 Å². The fourth-order valence-corrected chi connectivity index (χ4v) is 2.56. The largest absolute Gasteiger partial charge is 0.378 e. The summed E-state index contributed by atoms with van der Waals surface area (Å²) in [5.74, 6) is 0. The van der Waals surface area contributed by atoms with Gasteiger partial charge in [0.1, 0.15) is 0 Å². The number of benzene rings is 2. The number of pyridine rings is 1. The van der Waals surface area contributed by atoms with Crippen molar-refractivity contribution in [3.63, 3.8) is 0 Å². The number of nitrogens with one attached hydrogen (secondary N) is 2. The molecule has 0 bridgehead atoms. The molecule has 1 heterocycles. The third-order valence-electron chi connectivity index (χ3n) is 3.54. The van der Waals surface area contributed by atoms with E-state index in [-0.39, 0.29) is 0 Å². The first-order chi connectivity index (χ1) is 11.1. The smallest absolute Gasteiger partial charge is 0.175 e. The third-order valence-corrected chi connectivity index (χ3v) is 3.74. The Hall–Kier alpha value is -2.66.